The molecule has 2 aromatic carbocycles. The Balaban J connectivity index is 1.28. The first-order valence-corrected chi connectivity index (χ1v) is 11.1. The molecular formula is C25H24N4O4. The van der Waals surface area contributed by atoms with Crippen molar-refractivity contribution in [3.05, 3.63) is 70.6 Å². The summed E-state index contributed by atoms with van der Waals surface area (Å²) in [5, 5.41) is 8.94. The highest BCUT2D eigenvalue weighted by Crippen LogP contribution is 2.28. The van der Waals surface area contributed by atoms with Crippen LogP contribution in [0.3, 0.4) is 0 Å². The van der Waals surface area contributed by atoms with E-state index in [-0.39, 0.29) is 12.2 Å². The molecule has 2 aliphatic rings. The molecule has 1 aliphatic carbocycles. The number of carbonyl (C=O) groups is 3. The Labute approximate surface area is 190 Å². The maximum Gasteiger partial charge on any atom is 0.322 e. The first kappa shape index (κ1) is 21.1. The van der Waals surface area contributed by atoms with Gasteiger partial charge < -0.3 is 9.84 Å². The minimum atomic E-state index is -1.17. The van der Waals surface area contributed by atoms with E-state index >= 15 is 0 Å². The molecule has 0 radical (unpaired) electrons. The predicted octanol–water partition coefficient (Wildman–Crippen LogP) is 3.49. The first-order valence-electron chi connectivity index (χ1n) is 11.1. The van der Waals surface area contributed by atoms with Gasteiger partial charge in [0.15, 0.2) is 5.78 Å². The van der Waals surface area contributed by atoms with Gasteiger partial charge in [-0.05, 0) is 61.4 Å². The van der Waals surface area contributed by atoms with Crippen LogP contribution in [-0.2, 0) is 29.6 Å². The number of ketones is 1. The van der Waals surface area contributed by atoms with Crippen molar-refractivity contribution in [1.29, 1.82) is 0 Å². The van der Waals surface area contributed by atoms with Gasteiger partial charge in [-0.3, -0.25) is 14.9 Å². The normalized spacial score (nSPS) is 19.7. The Morgan fingerprint density at radius 2 is 1.91 bits per heavy atom. The molecule has 0 spiro atoms. The molecule has 1 aliphatic heterocycles. The van der Waals surface area contributed by atoms with Crippen LogP contribution in [0.5, 0.6) is 0 Å². The molecule has 3 amide bonds. The van der Waals surface area contributed by atoms with Crippen molar-refractivity contribution >= 4 is 17.7 Å². The van der Waals surface area contributed by atoms with Gasteiger partial charge in [-0.25, -0.2) is 4.79 Å². The van der Waals surface area contributed by atoms with Crippen LogP contribution in [0.4, 0.5) is 4.79 Å². The van der Waals surface area contributed by atoms with Crippen LogP contribution in [0.2, 0.25) is 0 Å². The number of imide groups is 1. The zero-order valence-electron chi connectivity index (χ0n) is 18.3. The second-order valence-electron chi connectivity index (χ2n) is 8.74. The first-order chi connectivity index (χ1) is 15.9. The third-order valence-electron chi connectivity index (χ3n) is 6.45. The largest absolute Gasteiger partial charge is 0.339 e. The van der Waals surface area contributed by atoms with Gasteiger partial charge in [-0.15, -0.1) is 0 Å². The Morgan fingerprint density at radius 3 is 2.70 bits per heavy atom. The molecule has 2 N–H and O–H groups in total. The predicted molar refractivity (Wildman–Crippen MR) is 119 cm³/mol. The second kappa shape index (κ2) is 8.27. The minimum Gasteiger partial charge on any atom is -0.339 e. The van der Waals surface area contributed by atoms with Crippen molar-refractivity contribution in [1.82, 2.24) is 20.8 Å². The van der Waals surface area contributed by atoms with Crippen LogP contribution in [0.15, 0.2) is 47.0 Å². The van der Waals surface area contributed by atoms with Gasteiger partial charge in [0.2, 0.25) is 11.7 Å². The maximum absolute atomic E-state index is 12.7. The number of urea groups is 1. The highest BCUT2D eigenvalue weighted by atomic mass is 16.5. The molecule has 2 heterocycles. The van der Waals surface area contributed by atoms with Crippen molar-refractivity contribution < 1.29 is 18.9 Å². The highest BCUT2D eigenvalue weighted by Gasteiger charge is 2.43. The third-order valence-corrected chi connectivity index (χ3v) is 6.45. The molecule has 1 saturated heterocycles. The summed E-state index contributed by atoms with van der Waals surface area (Å²) in [5.41, 5.74) is 3.46. The fraction of sp³-hybridized carbons (Fsp3) is 0.320. The van der Waals surface area contributed by atoms with E-state index in [0.29, 0.717) is 29.3 Å². The fourth-order valence-electron chi connectivity index (χ4n) is 4.46. The summed E-state index contributed by atoms with van der Waals surface area (Å²) >= 11 is 0. The Kier molecular flexibility index (Phi) is 5.28. The molecule has 0 bridgehead atoms. The van der Waals surface area contributed by atoms with Crippen LogP contribution < -0.4 is 10.6 Å². The summed E-state index contributed by atoms with van der Waals surface area (Å²) < 4.78 is 5.36. The van der Waals surface area contributed by atoms with E-state index in [2.05, 4.69) is 26.8 Å². The number of nitrogens with one attached hydrogen (secondary N) is 2. The quantitative estimate of drug-likeness (QED) is 0.444. The van der Waals surface area contributed by atoms with E-state index in [9.17, 15) is 14.4 Å². The molecule has 8 heteroatoms. The molecule has 5 rings (SSSR count). The second-order valence-corrected chi connectivity index (χ2v) is 8.74. The fourth-order valence-corrected chi connectivity index (χ4v) is 4.46. The van der Waals surface area contributed by atoms with Gasteiger partial charge in [0.25, 0.3) is 5.91 Å². The monoisotopic (exact) mass is 444 g/mol. The minimum absolute atomic E-state index is 0.0565. The topological polar surface area (TPSA) is 114 Å². The number of aryl methyl sites for hydroxylation is 3. The zero-order chi connectivity index (χ0) is 23.0. The summed E-state index contributed by atoms with van der Waals surface area (Å²) in [6.45, 7) is 1.64. The van der Waals surface area contributed by atoms with Crippen LogP contribution in [-0.4, -0.2) is 27.9 Å². The summed E-state index contributed by atoms with van der Waals surface area (Å²) in [6, 6.07) is 12.6. The van der Waals surface area contributed by atoms with Crippen molar-refractivity contribution in [2.45, 2.75) is 51.0 Å². The lowest BCUT2D eigenvalue weighted by Gasteiger charge is -2.21. The van der Waals surface area contributed by atoms with Crippen molar-refractivity contribution in [3.63, 3.8) is 0 Å². The van der Waals surface area contributed by atoms with E-state index in [1.807, 2.05) is 12.1 Å². The number of hydrogen-bond donors (Lipinski definition) is 2. The molecule has 33 heavy (non-hydrogen) atoms. The van der Waals surface area contributed by atoms with Gasteiger partial charge in [0, 0.05) is 24.0 Å². The molecule has 168 valence electrons. The number of nitrogens with zero attached hydrogens (tertiary/aromatic N) is 2. The van der Waals surface area contributed by atoms with Crippen LogP contribution >= 0.6 is 0 Å². The summed E-state index contributed by atoms with van der Waals surface area (Å²) in [7, 11) is 0. The molecule has 1 atom stereocenters. The van der Waals surface area contributed by atoms with Crippen molar-refractivity contribution in [2.75, 3.05) is 0 Å². The van der Waals surface area contributed by atoms with E-state index in [4.69, 9.17) is 4.52 Å². The lowest BCUT2D eigenvalue weighted by Crippen LogP contribution is -2.40. The number of Topliss-reactive ketones (excluding diaryl/α,β-unsaturated/α-hetero) is 1. The highest BCUT2D eigenvalue weighted by molar-refractivity contribution is 6.07. The molecular weight excluding hydrogens is 420 g/mol. The number of aromatic nitrogens is 2. The summed E-state index contributed by atoms with van der Waals surface area (Å²) in [4.78, 5) is 40.9. The van der Waals surface area contributed by atoms with Crippen molar-refractivity contribution in [2.24, 2.45) is 0 Å². The van der Waals surface area contributed by atoms with E-state index < -0.39 is 17.5 Å². The molecule has 8 nitrogen and oxygen atoms in total. The lowest BCUT2D eigenvalue weighted by atomic mass is 9.89. The Hall–Kier alpha value is -3.81. The van der Waals surface area contributed by atoms with E-state index in [0.717, 1.165) is 18.4 Å². The van der Waals surface area contributed by atoms with Gasteiger partial charge in [-0.2, -0.15) is 4.98 Å². The standard InChI is InChI=1S/C25H24N4O4/c1-25(23(31)27-24(32)28-25)19-8-4-7-18(14-19)22-26-21(33-29-22)12-11-20(30)17-10-9-15-5-2-3-6-16(15)13-17/h4,7-10,13-14H,2-3,5-6,11-12H2,1H3,(H2,27,28,31,32). The van der Waals surface area contributed by atoms with Crippen molar-refractivity contribution in [3.8, 4) is 11.4 Å². The van der Waals surface area contributed by atoms with Crippen LogP contribution in [0.25, 0.3) is 11.4 Å². The molecule has 1 fully saturated rings. The van der Waals surface area contributed by atoms with E-state index in [1.165, 1.54) is 24.0 Å². The summed E-state index contributed by atoms with van der Waals surface area (Å²) in [6.07, 6.45) is 5.14. The van der Waals surface area contributed by atoms with Gasteiger partial charge in [0.05, 0.1) is 0 Å². The number of benzene rings is 2. The third kappa shape index (κ3) is 4.04. The molecule has 1 unspecified atom stereocenters. The smallest absolute Gasteiger partial charge is 0.322 e. The molecule has 0 saturated carbocycles. The molecule has 1 aromatic heterocycles. The van der Waals surface area contributed by atoms with Crippen LogP contribution in [0, 0.1) is 0 Å². The number of carbonyl (C=O) groups excluding carboxylic acids is 3. The SMILES string of the molecule is CC1(c2cccc(-c3noc(CCC(=O)c4ccc5c(c4)CCCC5)n3)c2)NC(=O)NC1=O. The number of fused-ring (bicyclic) bond motifs is 1. The van der Waals surface area contributed by atoms with Gasteiger partial charge in [-0.1, -0.05) is 35.5 Å². The van der Waals surface area contributed by atoms with E-state index in [1.54, 1.807) is 31.2 Å². The average molecular weight is 444 g/mol. The lowest BCUT2D eigenvalue weighted by molar-refractivity contribution is -0.123. The average Bonchev–Trinajstić information content (AvgIpc) is 3.41. The number of rotatable bonds is 6. The van der Waals surface area contributed by atoms with Gasteiger partial charge >= 0.3 is 6.03 Å². The molecule has 3 aromatic rings. The van der Waals surface area contributed by atoms with Gasteiger partial charge in [0.1, 0.15) is 5.54 Å². The van der Waals surface area contributed by atoms with Crippen LogP contribution in [0.1, 0.15) is 59.1 Å². The Morgan fingerprint density at radius 1 is 1.09 bits per heavy atom. The number of amides is 3. The zero-order valence-corrected chi connectivity index (χ0v) is 18.3. The number of hydrogen-bond acceptors (Lipinski definition) is 6. The summed E-state index contributed by atoms with van der Waals surface area (Å²) in [5.74, 6) is 0.376. The Bertz CT molecular complexity index is 1260. The maximum atomic E-state index is 12.7.